The van der Waals surface area contributed by atoms with Crippen LogP contribution >= 0.6 is 0 Å². The van der Waals surface area contributed by atoms with E-state index in [1.54, 1.807) is 38.1 Å². The standard InChI is InChI=1S/C27H28FN7O3/c1-15-22(14-31-35-25-18-13-17(28)10-11-20(18)34-27(25)38)32-16(2)24(15)26(37)30-12-6-5-9-23(36)33-21-8-4-3-7-19(21)29/h3-4,7-8,10-11,13-14,32H,5-6,9,12,29H2,1-2H3,(H,30,37)(H,33,36)(H,34,35,38). The first kappa shape index (κ1) is 26.3. The van der Waals surface area contributed by atoms with Gasteiger partial charge in [-0.1, -0.05) is 12.1 Å². The summed E-state index contributed by atoms with van der Waals surface area (Å²) in [6.07, 6.45) is 2.95. The summed E-state index contributed by atoms with van der Waals surface area (Å²) >= 11 is 0. The molecule has 0 saturated heterocycles. The molecule has 2 aromatic carbocycles. The molecule has 0 spiro atoms. The number of benzene rings is 2. The van der Waals surface area contributed by atoms with E-state index in [9.17, 15) is 18.8 Å². The number of amides is 3. The monoisotopic (exact) mass is 517 g/mol. The van der Waals surface area contributed by atoms with Crippen LogP contribution in [0.25, 0.3) is 0 Å². The third-order valence-electron chi connectivity index (χ3n) is 6.10. The molecule has 0 aliphatic carbocycles. The normalized spacial score (nSPS) is 13.6. The zero-order chi connectivity index (χ0) is 27.2. The molecule has 1 aliphatic heterocycles. The van der Waals surface area contributed by atoms with Crippen molar-refractivity contribution >= 4 is 46.7 Å². The number of aromatic amines is 1. The average Bonchev–Trinajstić information content (AvgIpc) is 3.34. The van der Waals surface area contributed by atoms with Gasteiger partial charge in [-0.05, 0) is 62.6 Å². The van der Waals surface area contributed by atoms with E-state index in [2.05, 4.69) is 31.1 Å². The lowest BCUT2D eigenvalue weighted by atomic mass is 10.1. The van der Waals surface area contributed by atoms with Crippen LogP contribution in [-0.2, 0) is 9.59 Å². The van der Waals surface area contributed by atoms with Gasteiger partial charge in [0.2, 0.25) is 5.91 Å². The Hall–Kier alpha value is -4.80. The van der Waals surface area contributed by atoms with Crippen LogP contribution < -0.4 is 21.7 Å². The van der Waals surface area contributed by atoms with Gasteiger partial charge in [0.25, 0.3) is 11.8 Å². The number of fused-ring (bicyclic) bond motifs is 1. The second kappa shape index (κ2) is 11.5. The van der Waals surface area contributed by atoms with Crippen LogP contribution in [0.5, 0.6) is 0 Å². The summed E-state index contributed by atoms with van der Waals surface area (Å²) in [4.78, 5) is 40.2. The van der Waals surface area contributed by atoms with Gasteiger partial charge in [0.1, 0.15) is 5.82 Å². The molecule has 0 saturated carbocycles. The van der Waals surface area contributed by atoms with Crippen LogP contribution in [0.4, 0.5) is 21.5 Å². The zero-order valence-electron chi connectivity index (χ0n) is 21.0. The van der Waals surface area contributed by atoms with E-state index in [-0.39, 0.29) is 17.5 Å². The number of carbonyl (C=O) groups is 3. The van der Waals surface area contributed by atoms with E-state index < -0.39 is 11.7 Å². The van der Waals surface area contributed by atoms with Crippen molar-refractivity contribution in [1.82, 2.24) is 10.3 Å². The number of H-pyrrole nitrogens is 1. The van der Waals surface area contributed by atoms with Crippen molar-refractivity contribution in [1.29, 1.82) is 0 Å². The number of aryl methyl sites for hydroxylation is 1. The summed E-state index contributed by atoms with van der Waals surface area (Å²) in [7, 11) is 0. The van der Waals surface area contributed by atoms with Gasteiger partial charge in [0.15, 0.2) is 5.71 Å². The number of nitrogens with zero attached hydrogens (tertiary/aromatic N) is 2. The van der Waals surface area contributed by atoms with Crippen LogP contribution in [-0.4, -0.2) is 41.2 Å². The van der Waals surface area contributed by atoms with Crippen LogP contribution in [0.1, 0.15) is 52.1 Å². The molecule has 4 rings (SSSR count). The lowest BCUT2D eigenvalue weighted by Crippen LogP contribution is -2.25. The molecule has 0 fully saturated rings. The van der Waals surface area contributed by atoms with Crippen LogP contribution in [0.2, 0.25) is 0 Å². The van der Waals surface area contributed by atoms with Crippen molar-refractivity contribution in [3.63, 3.8) is 0 Å². The molecule has 11 heteroatoms. The fourth-order valence-electron chi connectivity index (χ4n) is 4.14. The molecular formula is C27H28FN7O3. The molecule has 2 heterocycles. The third kappa shape index (κ3) is 5.94. The SMILES string of the molecule is Cc1[nH]c(C=NN=C2C(=O)Nc3ccc(F)cc32)c(C)c1C(=O)NCCCCC(=O)Nc1ccccc1N. The van der Waals surface area contributed by atoms with E-state index in [1.807, 2.05) is 0 Å². The Morgan fingerprint density at radius 3 is 2.71 bits per heavy atom. The first-order chi connectivity index (χ1) is 18.2. The molecule has 196 valence electrons. The zero-order valence-corrected chi connectivity index (χ0v) is 21.0. The van der Waals surface area contributed by atoms with Gasteiger partial charge < -0.3 is 26.7 Å². The van der Waals surface area contributed by atoms with Gasteiger partial charge >= 0.3 is 0 Å². The van der Waals surface area contributed by atoms with Crippen molar-refractivity contribution < 1.29 is 18.8 Å². The molecular weight excluding hydrogens is 489 g/mol. The number of aromatic nitrogens is 1. The maximum Gasteiger partial charge on any atom is 0.276 e. The predicted molar refractivity (Wildman–Crippen MR) is 145 cm³/mol. The Balaban J connectivity index is 1.30. The fraction of sp³-hybridized carbons (Fsp3) is 0.222. The van der Waals surface area contributed by atoms with Crippen molar-refractivity contribution in [3.8, 4) is 0 Å². The Morgan fingerprint density at radius 1 is 1.13 bits per heavy atom. The summed E-state index contributed by atoms with van der Waals surface area (Å²) in [6.45, 7) is 3.96. The van der Waals surface area contributed by atoms with E-state index >= 15 is 0 Å². The quantitative estimate of drug-likeness (QED) is 0.127. The highest BCUT2D eigenvalue weighted by Crippen LogP contribution is 2.24. The Labute approximate surface area is 218 Å². The minimum Gasteiger partial charge on any atom is -0.397 e. The van der Waals surface area contributed by atoms with Gasteiger partial charge in [-0.2, -0.15) is 5.10 Å². The number of rotatable bonds is 9. The molecule has 0 bridgehead atoms. The largest absolute Gasteiger partial charge is 0.397 e. The lowest BCUT2D eigenvalue weighted by Gasteiger charge is -2.08. The number of hydrogen-bond acceptors (Lipinski definition) is 6. The number of carbonyl (C=O) groups excluding carboxylic acids is 3. The molecule has 10 nitrogen and oxygen atoms in total. The highest BCUT2D eigenvalue weighted by molar-refractivity contribution is 6.53. The first-order valence-corrected chi connectivity index (χ1v) is 12.1. The molecule has 3 aromatic rings. The van der Waals surface area contributed by atoms with E-state index in [1.165, 1.54) is 24.4 Å². The smallest absolute Gasteiger partial charge is 0.276 e. The summed E-state index contributed by atoms with van der Waals surface area (Å²) in [6, 6.07) is 11.0. The highest BCUT2D eigenvalue weighted by Gasteiger charge is 2.26. The Kier molecular flexibility index (Phi) is 7.95. The fourth-order valence-corrected chi connectivity index (χ4v) is 4.14. The number of anilines is 3. The summed E-state index contributed by atoms with van der Waals surface area (Å²) < 4.78 is 13.6. The minimum atomic E-state index is -0.482. The first-order valence-electron chi connectivity index (χ1n) is 12.1. The minimum absolute atomic E-state index is 0.00978. The van der Waals surface area contributed by atoms with Gasteiger partial charge in [0, 0.05) is 24.2 Å². The van der Waals surface area contributed by atoms with Crippen molar-refractivity contribution in [2.45, 2.75) is 33.1 Å². The van der Waals surface area contributed by atoms with Crippen LogP contribution in [0.15, 0.2) is 52.7 Å². The molecule has 0 radical (unpaired) electrons. The number of nitrogens with one attached hydrogen (secondary N) is 4. The van der Waals surface area contributed by atoms with E-state index in [0.717, 1.165) is 0 Å². The van der Waals surface area contributed by atoms with Crippen LogP contribution in [0, 0.1) is 19.7 Å². The van der Waals surface area contributed by atoms with Gasteiger partial charge in [0.05, 0.1) is 34.5 Å². The molecule has 38 heavy (non-hydrogen) atoms. The molecule has 0 unspecified atom stereocenters. The van der Waals surface area contributed by atoms with Gasteiger partial charge in [-0.25, -0.2) is 4.39 Å². The molecule has 3 amide bonds. The second-order valence-electron chi connectivity index (χ2n) is 8.85. The molecule has 6 N–H and O–H groups in total. The number of unbranched alkanes of at least 4 members (excludes halogenated alkanes) is 1. The van der Waals surface area contributed by atoms with Crippen molar-refractivity contribution in [3.05, 3.63) is 76.4 Å². The third-order valence-corrected chi connectivity index (χ3v) is 6.10. The number of hydrogen-bond donors (Lipinski definition) is 5. The van der Waals surface area contributed by atoms with Crippen molar-refractivity contribution in [2.24, 2.45) is 10.2 Å². The Morgan fingerprint density at radius 2 is 1.92 bits per heavy atom. The van der Waals surface area contributed by atoms with E-state index in [0.29, 0.717) is 70.9 Å². The summed E-state index contributed by atoms with van der Waals surface area (Å²) in [5.41, 5.74) is 10.1. The maximum absolute atomic E-state index is 13.6. The number of para-hydroxylation sites is 2. The van der Waals surface area contributed by atoms with Crippen molar-refractivity contribution in [2.75, 3.05) is 22.9 Å². The molecule has 0 atom stereocenters. The topological polar surface area (TPSA) is 154 Å². The second-order valence-corrected chi connectivity index (χ2v) is 8.85. The van der Waals surface area contributed by atoms with E-state index in [4.69, 9.17) is 5.73 Å². The highest BCUT2D eigenvalue weighted by atomic mass is 19.1. The predicted octanol–water partition coefficient (Wildman–Crippen LogP) is 3.67. The summed E-state index contributed by atoms with van der Waals surface area (Å²) in [5, 5.41) is 16.2. The summed E-state index contributed by atoms with van der Waals surface area (Å²) in [5.74, 6) is -1.33. The van der Waals surface area contributed by atoms with Crippen LogP contribution in [0.3, 0.4) is 0 Å². The van der Waals surface area contributed by atoms with Gasteiger partial charge in [-0.3, -0.25) is 14.4 Å². The number of halogens is 1. The lowest BCUT2D eigenvalue weighted by molar-refractivity contribution is -0.116. The molecule has 1 aromatic heterocycles. The Bertz CT molecular complexity index is 1460. The van der Waals surface area contributed by atoms with Gasteiger partial charge in [-0.15, -0.1) is 5.10 Å². The number of nitrogen functional groups attached to an aromatic ring is 1. The average molecular weight is 518 g/mol. The maximum atomic E-state index is 13.6. The molecule has 1 aliphatic rings. The number of nitrogens with two attached hydrogens (primary N) is 1.